The van der Waals surface area contributed by atoms with Crippen LogP contribution in [0.5, 0.6) is 0 Å². The third kappa shape index (κ3) is 4.54. The monoisotopic (exact) mass is 370 g/mol. The van der Waals surface area contributed by atoms with E-state index in [1.54, 1.807) is 19.1 Å². The molecule has 2 rings (SSSR count). The van der Waals surface area contributed by atoms with Crippen molar-refractivity contribution in [3.63, 3.8) is 0 Å². The van der Waals surface area contributed by atoms with Crippen LogP contribution in [0.15, 0.2) is 32.7 Å². The molecular formula is C13H11BrN2O4S. The minimum Gasteiger partial charge on any atom is -0.461 e. The SMILES string of the molecule is CCOC(=O)c1csc(NC(=O)/C=C/c2ccc(Br)o2)n1. The summed E-state index contributed by atoms with van der Waals surface area (Å²) in [7, 11) is 0. The number of aromatic nitrogens is 1. The van der Waals surface area contributed by atoms with E-state index in [2.05, 4.69) is 26.2 Å². The number of carbonyl (C=O) groups is 2. The summed E-state index contributed by atoms with van der Waals surface area (Å²) in [6, 6.07) is 3.44. The molecule has 2 aromatic rings. The van der Waals surface area contributed by atoms with E-state index in [0.717, 1.165) is 11.3 Å². The van der Waals surface area contributed by atoms with Crippen molar-refractivity contribution in [2.24, 2.45) is 0 Å². The molecule has 0 radical (unpaired) electrons. The Bertz CT molecular complexity index is 677. The first-order valence-corrected chi connectivity index (χ1v) is 7.63. The number of esters is 1. The van der Waals surface area contributed by atoms with Gasteiger partial charge in [0.05, 0.1) is 6.61 Å². The molecule has 0 spiro atoms. The van der Waals surface area contributed by atoms with Crippen molar-refractivity contribution in [3.8, 4) is 0 Å². The second kappa shape index (κ2) is 7.19. The first-order valence-electron chi connectivity index (χ1n) is 5.95. The average Bonchev–Trinajstić information content (AvgIpc) is 3.06. The zero-order valence-corrected chi connectivity index (χ0v) is 13.4. The highest BCUT2D eigenvalue weighted by Crippen LogP contribution is 2.17. The van der Waals surface area contributed by atoms with Crippen molar-refractivity contribution in [1.29, 1.82) is 0 Å². The maximum Gasteiger partial charge on any atom is 0.357 e. The number of ether oxygens (including phenoxy) is 1. The molecule has 0 unspecified atom stereocenters. The van der Waals surface area contributed by atoms with Crippen LogP contribution in [0.1, 0.15) is 23.2 Å². The number of nitrogens with zero attached hydrogens (tertiary/aromatic N) is 1. The maximum atomic E-state index is 11.7. The van der Waals surface area contributed by atoms with Crippen LogP contribution in [-0.4, -0.2) is 23.5 Å². The van der Waals surface area contributed by atoms with Gasteiger partial charge >= 0.3 is 5.97 Å². The molecule has 0 bridgehead atoms. The minimum atomic E-state index is -0.509. The summed E-state index contributed by atoms with van der Waals surface area (Å²) in [4.78, 5) is 27.1. The van der Waals surface area contributed by atoms with Gasteiger partial charge in [-0.1, -0.05) is 0 Å². The Morgan fingerprint density at radius 3 is 3.00 bits per heavy atom. The van der Waals surface area contributed by atoms with E-state index in [0.29, 0.717) is 15.6 Å². The molecular weight excluding hydrogens is 360 g/mol. The van der Waals surface area contributed by atoms with Gasteiger partial charge in [0, 0.05) is 11.5 Å². The lowest BCUT2D eigenvalue weighted by Crippen LogP contribution is -2.09. The molecule has 0 aromatic carbocycles. The van der Waals surface area contributed by atoms with Gasteiger partial charge in [0.1, 0.15) is 5.76 Å². The van der Waals surface area contributed by atoms with Crippen molar-refractivity contribution in [1.82, 2.24) is 4.98 Å². The van der Waals surface area contributed by atoms with Gasteiger partial charge in [-0.2, -0.15) is 0 Å². The Kier molecular flexibility index (Phi) is 5.29. The number of amides is 1. The molecule has 21 heavy (non-hydrogen) atoms. The molecule has 6 nitrogen and oxygen atoms in total. The third-order valence-electron chi connectivity index (χ3n) is 2.21. The average molecular weight is 371 g/mol. The van der Waals surface area contributed by atoms with Gasteiger partial charge in [-0.3, -0.25) is 10.1 Å². The maximum absolute atomic E-state index is 11.7. The quantitative estimate of drug-likeness (QED) is 0.644. The van der Waals surface area contributed by atoms with Gasteiger partial charge in [0.2, 0.25) is 5.91 Å². The normalized spacial score (nSPS) is 10.8. The number of carbonyl (C=O) groups excluding carboxylic acids is 2. The van der Waals surface area contributed by atoms with E-state index in [1.165, 1.54) is 17.5 Å². The van der Waals surface area contributed by atoms with E-state index in [1.807, 2.05) is 0 Å². The van der Waals surface area contributed by atoms with Crippen LogP contribution in [0, 0.1) is 0 Å². The smallest absolute Gasteiger partial charge is 0.357 e. The number of anilines is 1. The molecule has 2 heterocycles. The van der Waals surface area contributed by atoms with E-state index >= 15 is 0 Å². The van der Waals surface area contributed by atoms with Crippen LogP contribution in [0.25, 0.3) is 6.08 Å². The molecule has 0 saturated heterocycles. The van der Waals surface area contributed by atoms with E-state index < -0.39 is 5.97 Å². The van der Waals surface area contributed by atoms with Crippen LogP contribution in [0.4, 0.5) is 5.13 Å². The summed E-state index contributed by atoms with van der Waals surface area (Å²) >= 11 is 4.32. The molecule has 0 fully saturated rings. The fourth-order valence-corrected chi connectivity index (χ4v) is 2.35. The molecule has 0 aliphatic rings. The number of nitrogens with one attached hydrogen (secondary N) is 1. The standard InChI is InChI=1S/C13H11BrN2O4S/c1-2-19-12(18)9-7-21-13(15-9)16-11(17)6-4-8-3-5-10(14)20-8/h3-7H,2H2,1H3,(H,15,16,17)/b6-4+. The Hall–Kier alpha value is -1.93. The van der Waals surface area contributed by atoms with Gasteiger partial charge in [0.15, 0.2) is 15.5 Å². The van der Waals surface area contributed by atoms with Crippen LogP contribution >= 0.6 is 27.3 Å². The summed E-state index contributed by atoms with van der Waals surface area (Å²) in [5.74, 6) is -0.333. The lowest BCUT2D eigenvalue weighted by atomic mass is 10.4. The third-order valence-corrected chi connectivity index (χ3v) is 3.40. The van der Waals surface area contributed by atoms with Gasteiger partial charge in [-0.15, -0.1) is 11.3 Å². The van der Waals surface area contributed by atoms with Crippen LogP contribution in [0.3, 0.4) is 0 Å². The Balaban J connectivity index is 1.94. The predicted octanol–water partition coefficient (Wildman–Crippen LogP) is 3.33. The zero-order chi connectivity index (χ0) is 15.2. The van der Waals surface area contributed by atoms with Crippen molar-refractivity contribution in [2.45, 2.75) is 6.92 Å². The molecule has 0 saturated carbocycles. The summed E-state index contributed by atoms with van der Waals surface area (Å²) in [6.07, 6.45) is 2.84. The second-order valence-corrected chi connectivity index (χ2v) is 5.36. The summed E-state index contributed by atoms with van der Waals surface area (Å²) in [5, 5.41) is 4.41. The fourth-order valence-electron chi connectivity index (χ4n) is 1.35. The Morgan fingerprint density at radius 1 is 1.52 bits per heavy atom. The molecule has 0 aliphatic heterocycles. The van der Waals surface area contributed by atoms with Gasteiger partial charge in [-0.25, -0.2) is 9.78 Å². The summed E-state index contributed by atoms with van der Waals surface area (Å²) < 4.78 is 10.6. The molecule has 110 valence electrons. The topological polar surface area (TPSA) is 81.4 Å². The van der Waals surface area contributed by atoms with Gasteiger partial charge < -0.3 is 9.15 Å². The highest BCUT2D eigenvalue weighted by Gasteiger charge is 2.12. The Labute approximate surface area is 132 Å². The van der Waals surface area contributed by atoms with E-state index in [9.17, 15) is 9.59 Å². The van der Waals surface area contributed by atoms with Crippen molar-refractivity contribution in [3.05, 3.63) is 39.7 Å². The van der Waals surface area contributed by atoms with Crippen molar-refractivity contribution < 1.29 is 18.7 Å². The van der Waals surface area contributed by atoms with Gasteiger partial charge in [0.25, 0.3) is 0 Å². The largest absolute Gasteiger partial charge is 0.461 e. The number of hydrogen-bond acceptors (Lipinski definition) is 6. The second-order valence-electron chi connectivity index (χ2n) is 3.72. The fraction of sp³-hybridized carbons (Fsp3) is 0.154. The Morgan fingerprint density at radius 2 is 2.33 bits per heavy atom. The highest BCUT2D eigenvalue weighted by atomic mass is 79.9. The zero-order valence-electron chi connectivity index (χ0n) is 11.0. The first-order chi connectivity index (χ1) is 10.1. The number of furan rings is 1. The van der Waals surface area contributed by atoms with Gasteiger partial charge in [-0.05, 0) is 41.1 Å². The number of rotatable bonds is 5. The summed E-state index contributed by atoms with van der Waals surface area (Å²) in [5.41, 5.74) is 0.177. The minimum absolute atomic E-state index is 0.177. The van der Waals surface area contributed by atoms with Crippen molar-refractivity contribution in [2.75, 3.05) is 11.9 Å². The predicted molar refractivity (Wildman–Crippen MR) is 82.1 cm³/mol. The lowest BCUT2D eigenvalue weighted by molar-refractivity contribution is -0.111. The number of thiazole rings is 1. The lowest BCUT2D eigenvalue weighted by Gasteiger charge is -1.97. The van der Waals surface area contributed by atoms with Crippen LogP contribution < -0.4 is 5.32 Å². The number of halogens is 1. The molecule has 2 aromatic heterocycles. The molecule has 1 N–H and O–H groups in total. The first kappa shape index (κ1) is 15.5. The molecule has 0 atom stereocenters. The summed E-state index contributed by atoms with van der Waals surface area (Å²) in [6.45, 7) is 1.99. The molecule has 1 amide bonds. The van der Waals surface area contributed by atoms with E-state index in [4.69, 9.17) is 9.15 Å². The molecule has 8 heteroatoms. The van der Waals surface area contributed by atoms with Crippen molar-refractivity contribution >= 4 is 50.4 Å². The van der Waals surface area contributed by atoms with Crippen LogP contribution in [0.2, 0.25) is 0 Å². The highest BCUT2D eigenvalue weighted by molar-refractivity contribution is 9.10. The molecule has 0 aliphatic carbocycles. The van der Waals surface area contributed by atoms with Crippen LogP contribution in [-0.2, 0) is 9.53 Å². The number of hydrogen-bond donors (Lipinski definition) is 1. The van der Waals surface area contributed by atoms with E-state index in [-0.39, 0.29) is 18.2 Å².